The highest BCUT2D eigenvalue weighted by Crippen LogP contribution is 2.18. The van der Waals surface area contributed by atoms with Gasteiger partial charge in [0.1, 0.15) is 0 Å². The molecule has 0 aliphatic heterocycles. The highest BCUT2D eigenvalue weighted by Gasteiger charge is 2.09. The predicted octanol–water partition coefficient (Wildman–Crippen LogP) is 3.94. The van der Waals surface area contributed by atoms with Gasteiger partial charge in [-0.2, -0.15) is 0 Å². The van der Waals surface area contributed by atoms with Crippen molar-refractivity contribution in [3.05, 3.63) is 48.4 Å². The second kappa shape index (κ2) is 5.37. The lowest BCUT2D eigenvalue weighted by Gasteiger charge is -1.98. The van der Waals surface area contributed by atoms with Gasteiger partial charge < -0.3 is 0 Å². The largest absolute Gasteiger partial charge is 0.294 e. The number of thiophene rings is 1. The molecule has 0 aliphatic rings. The molecule has 2 heterocycles. The van der Waals surface area contributed by atoms with Gasteiger partial charge in [-0.05, 0) is 56.7 Å². The molecule has 16 heavy (non-hydrogen) atoms. The summed E-state index contributed by atoms with van der Waals surface area (Å²) in [6.45, 7) is 0. The van der Waals surface area contributed by atoms with Crippen LogP contribution in [0, 0.1) is 2.88 Å². The molecule has 0 amide bonds. The first-order valence-corrected chi connectivity index (χ1v) is 7.28. The van der Waals surface area contributed by atoms with Crippen LogP contribution in [0.4, 0.5) is 0 Å². The smallest absolute Gasteiger partial charge is 0.169 e. The summed E-state index contributed by atoms with van der Waals surface area (Å²) in [6.07, 6.45) is 2.07. The molecular weight excluding hydrogens is 401 g/mol. The van der Waals surface area contributed by atoms with Crippen molar-refractivity contribution >= 4 is 55.6 Å². The quantitative estimate of drug-likeness (QED) is 0.569. The third-order valence-corrected chi connectivity index (χ3v) is 4.28. The molecule has 2 nitrogen and oxygen atoms in total. The summed E-state index contributed by atoms with van der Waals surface area (Å²) in [6, 6.07) is 5.67. The topological polar surface area (TPSA) is 30.0 Å². The van der Waals surface area contributed by atoms with Gasteiger partial charge in [0, 0.05) is 27.3 Å². The molecule has 0 saturated heterocycles. The lowest BCUT2D eigenvalue weighted by molar-refractivity contribution is 0.0992. The highest BCUT2D eigenvalue weighted by atomic mass is 127. The van der Waals surface area contributed by atoms with Gasteiger partial charge in [0.15, 0.2) is 5.78 Å². The van der Waals surface area contributed by atoms with E-state index in [9.17, 15) is 4.79 Å². The van der Waals surface area contributed by atoms with Crippen LogP contribution in [0.25, 0.3) is 0 Å². The first-order valence-electron chi connectivity index (χ1n) is 4.53. The SMILES string of the molecule is O=C(Cc1ccc(Br)cn1)c1csc(I)c1. The number of carbonyl (C=O) groups excluding carboxylic acids is 1. The van der Waals surface area contributed by atoms with Crippen LogP contribution >= 0.6 is 49.9 Å². The van der Waals surface area contributed by atoms with Gasteiger partial charge in [-0.25, -0.2) is 0 Å². The van der Waals surface area contributed by atoms with E-state index in [0.29, 0.717) is 6.42 Å². The van der Waals surface area contributed by atoms with E-state index in [2.05, 4.69) is 43.5 Å². The Labute approximate surface area is 119 Å². The van der Waals surface area contributed by atoms with Crippen molar-refractivity contribution in [1.82, 2.24) is 4.98 Å². The van der Waals surface area contributed by atoms with E-state index >= 15 is 0 Å². The summed E-state index contributed by atoms with van der Waals surface area (Å²) in [5.41, 5.74) is 1.58. The summed E-state index contributed by atoms with van der Waals surface area (Å²) >= 11 is 7.11. The van der Waals surface area contributed by atoms with Crippen LogP contribution in [-0.2, 0) is 6.42 Å². The van der Waals surface area contributed by atoms with Gasteiger partial charge in [0.05, 0.1) is 9.30 Å². The number of pyridine rings is 1. The number of hydrogen-bond acceptors (Lipinski definition) is 3. The number of carbonyl (C=O) groups is 1. The van der Waals surface area contributed by atoms with Crippen molar-refractivity contribution < 1.29 is 4.79 Å². The second-order valence-electron chi connectivity index (χ2n) is 3.21. The maximum absolute atomic E-state index is 11.9. The fraction of sp³-hybridized carbons (Fsp3) is 0.0909. The van der Waals surface area contributed by atoms with Gasteiger partial charge in [0.25, 0.3) is 0 Å². The minimum absolute atomic E-state index is 0.119. The molecule has 5 heteroatoms. The Morgan fingerprint density at radius 1 is 1.50 bits per heavy atom. The molecule has 0 unspecified atom stereocenters. The zero-order chi connectivity index (χ0) is 11.5. The van der Waals surface area contributed by atoms with Crippen molar-refractivity contribution in [2.45, 2.75) is 6.42 Å². The molecule has 0 aliphatic carbocycles. The minimum atomic E-state index is 0.119. The van der Waals surface area contributed by atoms with Crippen LogP contribution in [0.3, 0.4) is 0 Å². The number of nitrogens with zero attached hydrogens (tertiary/aromatic N) is 1. The number of aromatic nitrogens is 1. The molecule has 2 aromatic rings. The normalized spacial score (nSPS) is 10.4. The number of ketones is 1. The molecular formula is C11H7BrINOS. The van der Waals surface area contributed by atoms with Crippen molar-refractivity contribution in [2.75, 3.05) is 0 Å². The van der Waals surface area contributed by atoms with Gasteiger partial charge in [-0.15, -0.1) is 11.3 Å². The van der Waals surface area contributed by atoms with E-state index < -0.39 is 0 Å². The van der Waals surface area contributed by atoms with Gasteiger partial charge in [-0.1, -0.05) is 0 Å². The molecule has 0 N–H and O–H groups in total. The highest BCUT2D eigenvalue weighted by molar-refractivity contribution is 14.1. The fourth-order valence-electron chi connectivity index (χ4n) is 1.23. The number of rotatable bonds is 3. The summed E-state index contributed by atoms with van der Waals surface area (Å²) < 4.78 is 2.05. The number of Topliss-reactive ketones (excluding diaryl/α,β-unsaturated/α-hetero) is 1. The van der Waals surface area contributed by atoms with Crippen molar-refractivity contribution in [3.8, 4) is 0 Å². The summed E-state index contributed by atoms with van der Waals surface area (Å²) in [4.78, 5) is 16.0. The molecule has 2 rings (SSSR count). The summed E-state index contributed by atoms with van der Waals surface area (Å²) in [5.74, 6) is 0.119. The van der Waals surface area contributed by atoms with Gasteiger partial charge in [0.2, 0.25) is 0 Å². The molecule has 0 aromatic carbocycles. The zero-order valence-electron chi connectivity index (χ0n) is 8.11. The van der Waals surface area contributed by atoms with Crippen LogP contribution in [0.15, 0.2) is 34.2 Å². The molecule has 0 bridgehead atoms. The van der Waals surface area contributed by atoms with Crippen molar-refractivity contribution in [1.29, 1.82) is 0 Å². The molecule has 82 valence electrons. The van der Waals surface area contributed by atoms with E-state index in [0.717, 1.165) is 18.6 Å². The first kappa shape index (κ1) is 12.2. The second-order valence-corrected chi connectivity index (χ2v) is 6.93. The standard InChI is InChI=1S/C11H7BrINOS/c12-8-1-2-9(14-5-8)4-10(15)7-3-11(13)16-6-7/h1-3,5-6H,4H2. The van der Waals surface area contributed by atoms with Crippen molar-refractivity contribution in [3.63, 3.8) is 0 Å². The Hall–Kier alpha value is -0.270. The number of halogens is 2. The van der Waals surface area contributed by atoms with Gasteiger partial charge >= 0.3 is 0 Å². The molecule has 0 spiro atoms. The van der Waals surface area contributed by atoms with Crippen LogP contribution in [0.2, 0.25) is 0 Å². The maximum atomic E-state index is 11.9. The van der Waals surface area contributed by atoms with E-state index in [4.69, 9.17) is 0 Å². The van der Waals surface area contributed by atoms with Crippen LogP contribution in [-0.4, -0.2) is 10.8 Å². The van der Waals surface area contributed by atoms with E-state index in [1.54, 1.807) is 17.5 Å². The van der Waals surface area contributed by atoms with Crippen LogP contribution in [0.1, 0.15) is 16.1 Å². The molecule has 0 radical (unpaired) electrons. The average molecular weight is 408 g/mol. The van der Waals surface area contributed by atoms with E-state index in [-0.39, 0.29) is 5.78 Å². The Morgan fingerprint density at radius 3 is 2.88 bits per heavy atom. The minimum Gasteiger partial charge on any atom is -0.294 e. The van der Waals surface area contributed by atoms with Crippen molar-refractivity contribution in [2.24, 2.45) is 0 Å². The van der Waals surface area contributed by atoms with Crippen LogP contribution < -0.4 is 0 Å². The maximum Gasteiger partial charge on any atom is 0.169 e. The third kappa shape index (κ3) is 3.11. The van der Waals surface area contributed by atoms with E-state index in [1.165, 1.54) is 0 Å². The Morgan fingerprint density at radius 2 is 2.31 bits per heavy atom. The van der Waals surface area contributed by atoms with Crippen LogP contribution in [0.5, 0.6) is 0 Å². The number of hydrogen-bond donors (Lipinski definition) is 0. The monoisotopic (exact) mass is 407 g/mol. The summed E-state index contributed by atoms with van der Waals surface area (Å²) in [5, 5.41) is 1.89. The molecule has 0 fully saturated rings. The summed E-state index contributed by atoms with van der Waals surface area (Å²) in [7, 11) is 0. The Kier molecular flexibility index (Phi) is 4.10. The fourth-order valence-corrected chi connectivity index (χ4v) is 2.82. The molecule has 0 atom stereocenters. The average Bonchev–Trinajstić information content (AvgIpc) is 2.68. The lowest BCUT2D eigenvalue weighted by Crippen LogP contribution is -2.03. The predicted molar refractivity (Wildman–Crippen MR) is 77.0 cm³/mol. The first-order chi connectivity index (χ1) is 7.65. The molecule has 0 saturated carbocycles. The Balaban J connectivity index is 2.10. The zero-order valence-corrected chi connectivity index (χ0v) is 12.7. The van der Waals surface area contributed by atoms with E-state index in [1.807, 2.05) is 23.6 Å². The third-order valence-electron chi connectivity index (χ3n) is 2.02. The van der Waals surface area contributed by atoms with Gasteiger partial charge in [-0.3, -0.25) is 9.78 Å². The molecule has 2 aromatic heterocycles. The Bertz CT molecular complexity index is 509. The lowest BCUT2D eigenvalue weighted by atomic mass is 10.1.